The van der Waals surface area contributed by atoms with Gasteiger partial charge in [-0.1, -0.05) is 24.3 Å². The Kier molecular flexibility index (Phi) is 6.17. The first-order chi connectivity index (χ1) is 12.9. The highest BCUT2D eigenvalue weighted by Crippen LogP contribution is 2.45. The number of aryl methyl sites for hydroxylation is 1. The van der Waals surface area contributed by atoms with Crippen molar-refractivity contribution in [1.29, 1.82) is 0 Å². The van der Waals surface area contributed by atoms with Crippen LogP contribution in [-0.2, 0) is 9.59 Å². The van der Waals surface area contributed by atoms with E-state index in [0.29, 0.717) is 24.8 Å². The molecule has 6 nitrogen and oxygen atoms in total. The molecule has 1 aromatic rings. The van der Waals surface area contributed by atoms with Crippen LogP contribution in [0.2, 0.25) is 0 Å². The Balaban J connectivity index is 1.77. The zero-order valence-corrected chi connectivity index (χ0v) is 16.6. The van der Waals surface area contributed by atoms with E-state index in [9.17, 15) is 9.59 Å². The summed E-state index contributed by atoms with van der Waals surface area (Å²) < 4.78 is 0. The van der Waals surface area contributed by atoms with Crippen LogP contribution in [0.5, 0.6) is 0 Å². The van der Waals surface area contributed by atoms with Gasteiger partial charge in [-0.3, -0.25) is 9.59 Å². The van der Waals surface area contributed by atoms with Gasteiger partial charge in [0, 0.05) is 32.0 Å². The van der Waals surface area contributed by atoms with Crippen LogP contribution in [0.15, 0.2) is 24.3 Å². The molecule has 2 saturated heterocycles. The Morgan fingerprint density at radius 3 is 2.59 bits per heavy atom. The molecule has 2 aliphatic rings. The van der Waals surface area contributed by atoms with Crippen molar-refractivity contribution in [2.75, 3.05) is 46.8 Å². The van der Waals surface area contributed by atoms with E-state index in [0.717, 1.165) is 26.2 Å². The molecule has 0 aromatic heterocycles. The summed E-state index contributed by atoms with van der Waals surface area (Å²) in [6.45, 7) is 6.08. The van der Waals surface area contributed by atoms with E-state index in [1.807, 2.05) is 25.1 Å². The molecule has 0 spiro atoms. The van der Waals surface area contributed by atoms with Crippen molar-refractivity contribution in [3.05, 3.63) is 35.4 Å². The van der Waals surface area contributed by atoms with Gasteiger partial charge in [-0.05, 0) is 51.0 Å². The number of amides is 1. The van der Waals surface area contributed by atoms with E-state index >= 15 is 0 Å². The number of likely N-dealkylation sites (N-methyl/N-ethyl adjacent to an activating group) is 1. The van der Waals surface area contributed by atoms with Crippen LogP contribution in [0.4, 0.5) is 0 Å². The van der Waals surface area contributed by atoms with Crippen LogP contribution < -0.4 is 0 Å². The molecule has 1 N–H and O–H groups in total. The molecule has 1 aromatic carbocycles. The Bertz CT molecular complexity index is 691. The zero-order valence-electron chi connectivity index (χ0n) is 16.6. The minimum atomic E-state index is -0.729. The van der Waals surface area contributed by atoms with Gasteiger partial charge in [0.25, 0.3) is 0 Å². The minimum absolute atomic E-state index is 0.119. The van der Waals surface area contributed by atoms with Crippen LogP contribution >= 0.6 is 0 Å². The molecule has 1 amide bonds. The number of carbonyl (C=O) groups excluding carboxylic acids is 1. The molecule has 0 saturated carbocycles. The molecule has 2 fully saturated rings. The monoisotopic (exact) mass is 373 g/mol. The number of aliphatic carboxylic acids is 1. The second-order valence-electron chi connectivity index (χ2n) is 8.27. The van der Waals surface area contributed by atoms with Crippen molar-refractivity contribution in [3.63, 3.8) is 0 Å². The van der Waals surface area contributed by atoms with Crippen LogP contribution in [-0.4, -0.2) is 78.5 Å². The quantitative estimate of drug-likeness (QED) is 0.790. The summed E-state index contributed by atoms with van der Waals surface area (Å²) in [6.07, 6.45) is 0.910. The van der Waals surface area contributed by atoms with Gasteiger partial charge >= 0.3 is 5.97 Å². The predicted octanol–water partition coefficient (Wildman–Crippen LogP) is 1.85. The predicted molar refractivity (Wildman–Crippen MR) is 104 cm³/mol. The topological polar surface area (TPSA) is 64.1 Å². The van der Waals surface area contributed by atoms with Crippen molar-refractivity contribution in [3.8, 4) is 0 Å². The van der Waals surface area contributed by atoms with Gasteiger partial charge in [-0.2, -0.15) is 0 Å². The second-order valence-corrected chi connectivity index (χ2v) is 8.27. The molecular weight excluding hydrogens is 342 g/mol. The Hall–Kier alpha value is -1.92. The lowest BCUT2D eigenvalue weighted by molar-refractivity contribution is -0.137. The van der Waals surface area contributed by atoms with Gasteiger partial charge in [0.2, 0.25) is 5.91 Å². The molecule has 3 rings (SSSR count). The molecule has 148 valence electrons. The number of likely N-dealkylation sites (tertiary alicyclic amines) is 2. The highest BCUT2D eigenvalue weighted by atomic mass is 16.4. The summed E-state index contributed by atoms with van der Waals surface area (Å²) in [5.74, 6) is 0.348. The third-order valence-corrected chi connectivity index (χ3v) is 5.88. The van der Waals surface area contributed by atoms with Gasteiger partial charge in [-0.15, -0.1) is 0 Å². The third kappa shape index (κ3) is 4.50. The maximum Gasteiger partial charge on any atom is 0.303 e. The Morgan fingerprint density at radius 2 is 1.93 bits per heavy atom. The number of rotatable bonds is 7. The molecule has 3 atom stereocenters. The van der Waals surface area contributed by atoms with Crippen molar-refractivity contribution < 1.29 is 14.7 Å². The number of carboxylic acids is 1. The number of hydrogen-bond acceptors (Lipinski definition) is 4. The average molecular weight is 373 g/mol. The molecule has 0 bridgehead atoms. The largest absolute Gasteiger partial charge is 0.481 e. The normalized spacial score (nSPS) is 25.2. The van der Waals surface area contributed by atoms with Gasteiger partial charge in [0.1, 0.15) is 0 Å². The zero-order chi connectivity index (χ0) is 19.6. The Morgan fingerprint density at radius 1 is 1.19 bits per heavy atom. The summed E-state index contributed by atoms with van der Waals surface area (Å²) in [5, 5.41) is 8.87. The van der Waals surface area contributed by atoms with Gasteiger partial charge in [0.15, 0.2) is 0 Å². The molecular formula is C21H31N3O3. The maximum absolute atomic E-state index is 12.9. The number of nitrogens with zero attached hydrogens (tertiary/aromatic N) is 3. The molecule has 2 aliphatic heterocycles. The second kappa shape index (κ2) is 8.40. The lowest BCUT2D eigenvalue weighted by atomic mass is 9.87. The van der Waals surface area contributed by atoms with Crippen molar-refractivity contribution in [2.45, 2.75) is 25.8 Å². The van der Waals surface area contributed by atoms with Crippen molar-refractivity contribution in [1.82, 2.24) is 14.7 Å². The Labute approximate surface area is 161 Å². The number of fused-ring (bicyclic) bond motifs is 1. The maximum atomic E-state index is 12.9. The fraction of sp³-hybridized carbons (Fsp3) is 0.619. The first kappa shape index (κ1) is 19.8. The number of hydrogen-bond donors (Lipinski definition) is 1. The van der Waals surface area contributed by atoms with Crippen LogP contribution in [0.3, 0.4) is 0 Å². The summed E-state index contributed by atoms with van der Waals surface area (Å²) in [5.41, 5.74) is 2.49. The van der Waals surface area contributed by atoms with Crippen LogP contribution in [0, 0.1) is 18.8 Å². The van der Waals surface area contributed by atoms with E-state index in [2.05, 4.69) is 34.9 Å². The van der Waals surface area contributed by atoms with Gasteiger partial charge in [-0.25, -0.2) is 0 Å². The van der Waals surface area contributed by atoms with Crippen molar-refractivity contribution in [2.24, 2.45) is 11.8 Å². The van der Waals surface area contributed by atoms with Crippen LogP contribution in [0.1, 0.15) is 30.0 Å². The molecule has 0 aliphatic carbocycles. The third-order valence-electron chi connectivity index (χ3n) is 5.88. The first-order valence-corrected chi connectivity index (χ1v) is 9.80. The summed E-state index contributed by atoms with van der Waals surface area (Å²) in [7, 11) is 3.86. The van der Waals surface area contributed by atoms with Crippen LogP contribution in [0.25, 0.3) is 0 Å². The van der Waals surface area contributed by atoms with Crippen molar-refractivity contribution >= 4 is 11.9 Å². The fourth-order valence-corrected chi connectivity index (χ4v) is 4.71. The van der Waals surface area contributed by atoms with E-state index in [4.69, 9.17) is 5.11 Å². The van der Waals surface area contributed by atoms with E-state index in [1.165, 1.54) is 11.1 Å². The van der Waals surface area contributed by atoms with Gasteiger partial charge in [0.05, 0.1) is 12.6 Å². The lowest BCUT2D eigenvalue weighted by Gasteiger charge is -2.31. The summed E-state index contributed by atoms with van der Waals surface area (Å²) >= 11 is 0. The van der Waals surface area contributed by atoms with E-state index < -0.39 is 5.97 Å². The molecule has 6 heteroatoms. The van der Waals surface area contributed by atoms with E-state index in [-0.39, 0.29) is 18.4 Å². The molecule has 2 heterocycles. The van der Waals surface area contributed by atoms with E-state index in [1.54, 1.807) is 0 Å². The average Bonchev–Trinajstić information content (AvgIpc) is 3.12. The highest BCUT2D eigenvalue weighted by Gasteiger charge is 2.49. The SMILES string of the molecule is Cc1ccccc1[C@H]1[C@@H]2CN(CCCC(=O)O)C[C@@H]2CN1C(=O)CN(C)C. The number of carbonyl (C=O) groups is 2. The summed E-state index contributed by atoms with van der Waals surface area (Å²) in [6, 6.07) is 8.50. The highest BCUT2D eigenvalue weighted by molar-refractivity contribution is 5.79. The fourth-order valence-electron chi connectivity index (χ4n) is 4.71. The number of carboxylic acid groups (broad SMARTS) is 1. The van der Waals surface area contributed by atoms with Gasteiger partial charge < -0.3 is 19.8 Å². The molecule has 0 radical (unpaired) electrons. The minimum Gasteiger partial charge on any atom is -0.481 e. The smallest absolute Gasteiger partial charge is 0.303 e. The summed E-state index contributed by atoms with van der Waals surface area (Å²) in [4.78, 5) is 30.1. The standard InChI is InChI=1S/C21H31N3O3/c1-15-7-4-5-8-17(15)21-18-13-23(10-6-9-20(26)27)11-16(18)12-24(21)19(25)14-22(2)3/h4-5,7-8,16,18,21H,6,9-14H2,1-3H3,(H,26,27)/t16-,18-,21+/m1/s1. The molecule has 27 heavy (non-hydrogen) atoms. The first-order valence-electron chi connectivity index (χ1n) is 9.80. The number of benzene rings is 1. The lowest BCUT2D eigenvalue weighted by Crippen LogP contribution is -2.40. The molecule has 0 unspecified atom stereocenters.